The zero-order valence-corrected chi connectivity index (χ0v) is 14.2. The average molecular weight is 347 g/mol. The third-order valence-corrected chi connectivity index (χ3v) is 4.58. The molecule has 0 saturated carbocycles. The number of carbonyl (C=O) groups excluding carboxylic acids is 1. The normalized spacial score (nSPS) is 12.7. The Balaban J connectivity index is 1.45. The number of pyridine rings is 1. The van der Waals surface area contributed by atoms with Crippen molar-refractivity contribution in [2.24, 2.45) is 0 Å². The first kappa shape index (κ1) is 16.3. The lowest BCUT2D eigenvalue weighted by Crippen LogP contribution is -2.24. The monoisotopic (exact) mass is 347 g/mol. The molecule has 0 bridgehead atoms. The van der Waals surface area contributed by atoms with Gasteiger partial charge in [-0.15, -0.1) is 0 Å². The zero-order chi connectivity index (χ0) is 17.9. The van der Waals surface area contributed by atoms with Crippen LogP contribution in [0.25, 0.3) is 0 Å². The summed E-state index contributed by atoms with van der Waals surface area (Å²) in [4.78, 5) is 18.7. The van der Waals surface area contributed by atoms with Gasteiger partial charge in [0.1, 0.15) is 11.5 Å². The standard InChI is InChI=1S/C21H18FN3O/c22-18-7-3-1-6-16(18)13-24-21(26)19-10-9-17(14-23-19)25-12-11-15-5-2-4-8-20(15)25/h1-10,14H,11-13H2,(H,24,26). The second-order valence-electron chi connectivity index (χ2n) is 6.21. The highest BCUT2D eigenvalue weighted by molar-refractivity contribution is 5.92. The van der Waals surface area contributed by atoms with E-state index in [0.717, 1.165) is 18.7 Å². The molecule has 4 rings (SSSR count). The van der Waals surface area contributed by atoms with Crippen LogP contribution in [-0.4, -0.2) is 17.4 Å². The average Bonchev–Trinajstić information content (AvgIpc) is 3.11. The minimum Gasteiger partial charge on any atom is -0.347 e. The number of anilines is 2. The minimum atomic E-state index is -0.330. The fourth-order valence-electron chi connectivity index (χ4n) is 3.19. The number of nitrogens with zero attached hydrogens (tertiary/aromatic N) is 2. The van der Waals surface area contributed by atoms with Gasteiger partial charge in [-0.05, 0) is 36.2 Å². The molecule has 1 aliphatic heterocycles. The number of amides is 1. The zero-order valence-electron chi connectivity index (χ0n) is 14.2. The lowest BCUT2D eigenvalue weighted by atomic mass is 10.2. The van der Waals surface area contributed by atoms with E-state index in [-0.39, 0.29) is 18.3 Å². The lowest BCUT2D eigenvalue weighted by molar-refractivity contribution is 0.0945. The van der Waals surface area contributed by atoms with E-state index in [4.69, 9.17) is 0 Å². The fourth-order valence-corrected chi connectivity index (χ4v) is 3.19. The van der Waals surface area contributed by atoms with Crippen LogP contribution in [0.2, 0.25) is 0 Å². The highest BCUT2D eigenvalue weighted by Crippen LogP contribution is 2.33. The largest absolute Gasteiger partial charge is 0.347 e. The van der Waals surface area contributed by atoms with Gasteiger partial charge < -0.3 is 10.2 Å². The van der Waals surface area contributed by atoms with E-state index in [1.807, 2.05) is 18.2 Å². The summed E-state index contributed by atoms with van der Waals surface area (Å²) in [6.45, 7) is 1.04. The Hall–Kier alpha value is -3.21. The summed E-state index contributed by atoms with van der Waals surface area (Å²) in [7, 11) is 0. The summed E-state index contributed by atoms with van der Waals surface area (Å²) in [5.74, 6) is -0.648. The van der Waals surface area contributed by atoms with Gasteiger partial charge in [0.25, 0.3) is 5.91 Å². The van der Waals surface area contributed by atoms with Crippen molar-refractivity contribution in [2.75, 3.05) is 11.4 Å². The number of fused-ring (bicyclic) bond motifs is 1. The molecule has 1 aliphatic rings. The molecule has 4 nitrogen and oxygen atoms in total. The van der Waals surface area contributed by atoms with Crippen LogP contribution in [-0.2, 0) is 13.0 Å². The molecular weight excluding hydrogens is 329 g/mol. The third kappa shape index (κ3) is 3.16. The molecule has 1 aromatic heterocycles. The van der Waals surface area contributed by atoms with Gasteiger partial charge in [0.05, 0.1) is 11.9 Å². The Morgan fingerprint density at radius 1 is 1.08 bits per heavy atom. The quantitative estimate of drug-likeness (QED) is 0.780. The summed E-state index contributed by atoms with van der Waals surface area (Å²) in [6.07, 6.45) is 2.71. The molecule has 0 atom stereocenters. The van der Waals surface area contributed by atoms with Crippen LogP contribution in [0.4, 0.5) is 15.8 Å². The van der Waals surface area contributed by atoms with Gasteiger partial charge in [-0.2, -0.15) is 0 Å². The lowest BCUT2D eigenvalue weighted by Gasteiger charge is -2.19. The number of para-hydroxylation sites is 1. The Morgan fingerprint density at radius 2 is 1.88 bits per heavy atom. The molecule has 26 heavy (non-hydrogen) atoms. The summed E-state index contributed by atoms with van der Waals surface area (Å²) >= 11 is 0. The van der Waals surface area contributed by atoms with Crippen molar-refractivity contribution in [3.05, 3.63) is 89.5 Å². The smallest absolute Gasteiger partial charge is 0.270 e. The Bertz CT molecular complexity index is 940. The fraction of sp³-hybridized carbons (Fsp3) is 0.143. The molecule has 1 N–H and O–H groups in total. The van der Waals surface area contributed by atoms with E-state index < -0.39 is 0 Å². The van der Waals surface area contributed by atoms with E-state index in [0.29, 0.717) is 11.3 Å². The maximum absolute atomic E-state index is 13.6. The topological polar surface area (TPSA) is 45.2 Å². The predicted molar refractivity (Wildman–Crippen MR) is 99.0 cm³/mol. The number of halogens is 1. The van der Waals surface area contributed by atoms with Crippen LogP contribution >= 0.6 is 0 Å². The van der Waals surface area contributed by atoms with Crippen molar-refractivity contribution in [1.82, 2.24) is 10.3 Å². The van der Waals surface area contributed by atoms with Crippen LogP contribution < -0.4 is 10.2 Å². The van der Waals surface area contributed by atoms with Crippen molar-refractivity contribution in [3.8, 4) is 0 Å². The second kappa shape index (κ2) is 6.96. The first-order chi connectivity index (χ1) is 12.7. The van der Waals surface area contributed by atoms with E-state index in [9.17, 15) is 9.18 Å². The summed E-state index contributed by atoms with van der Waals surface area (Å²) in [5.41, 5.74) is 4.23. The highest BCUT2D eigenvalue weighted by Gasteiger charge is 2.20. The van der Waals surface area contributed by atoms with Crippen molar-refractivity contribution >= 4 is 17.3 Å². The minimum absolute atomic E-state index is 0.133. The molecule has 0 unspecified atom stereocenters. The number of hydrogen-bond donors (Lipinski definition) is 1. The van der Waals surface area contributed by atoms with Gasteiger partial charge in [-0.3, -0.25) is 4.79 Å². The Labute approximate surface area is 151 Å². The van der Waals surface area contributed by atoms with Gasteiger partial charge in [-0.25, -0.2) is 9.37 Å². The summed E-state index contributed by atoms with van der Waals surface area (Å²) < 4.78 is 13.6. The number of rotatable bonds is 4. The van der Waals surface area contributed by atoms with Gasteiger partial charge in [0.2, 0.25) is 0 Å². The molecule has 0 fully saturated rings. The Kier molecular flexibility index (Phi) is 4.35. The van der Waals surface area contributed by atoms with Crippen LogP contribution in [0.5, 0.6) is 0 Å². The molecule has 2 heterocycles. The maximum atomic E-state index is 13.6. The number of aromatic nitrogens is 1. The van der Waals surface area contributed by atoms with Crippen molar-refractivity contribution in [3.63, 3.8) is 0 Å². The molecule has 1 amide bonds. The number of benzene rings is 2. The molecule has 0 aliphatic carbocycles. The van der Waals surface area contributed by atoms with Crippen LogP contribution in [0.3, 0.4) is 0 Å². The Morgan fingerprint density at radius 3 is 2.69 bits per heavy atom. The summed E-state index contributed by atoms with van der Waals surface area (Å²) in [5, 5.41) is 2.71. The molecule has 3 aromatic rings. The van der Waals surface area contributed by atoms with Crippen molar-refractivity contribution < 1.29 is 9.18 Å². The number of carbonyl (C=O) groups is 1. The van der Waals surface area contributed by atoms with Crippen molar-refractivity contribution in [2.45, 2.75) is 13.0 Å². The number of nitrogens with one attached hydrogen (secondary N) is 1. The maximum Gasteiger partial charge on any atom is 0.270 e. The van der Waals surface area contributed by atoms with E-state index in [1.165, 1.54) is 17.3 Å². The predicted octanol–water partition coefficient (Wildman–Crippen LogP) is 3.84. The second-order valence-corrected chi connectivity index (χ2v) is 6.21. The van der Waals surface area contributed by atoms with Crippen LogP contribution in [0, 0.1) is 5.82 Å². The molecular formula is C21H18FN3O. The third-order valence-electron chi connectivity index (χ3n) is 4.58. The molecule has 0 saturated heterocycles. The van der Waals surface area contributed by atoms with E-state index >= 15 is 0 Å². The molecule has 2 aromatic carbocycles. The first-order valence-electron chi connectivity index (χ1n) is 8.55. The summed E-state index contributed by atoms with van der Waals surface area (Å²) in [6, 6.07) is 18.3. The van der Waals surface area contributed by atoms with Gasteiger partial charge in [0.15, 0.2) is 0 Å². The van der Waals surface area contributed by atoms with Crippen molar-refractivity contribution in [1.29, 1.82) is 0 Å². The first-order valence-corrected chi connectivity index (χ1v) is 8.55. The van der Waals surface area contributed by atoms with Gasteiger partial charge >= 0.3 is 0 Å². The molecule has 130 valence electrons. The molecule has 0 radical (unpaired) electrons. The highest BCUT2D eigenvalue weighted by atomic mass is 19.1. The van der Waals surface area contributed by atoms with Gasteiger partial charge in [-0.1, -0.05) is 36.4 Å². The molecule has 5 heteroatoms. The SMILES string of the molecule is O=C(NCc1ccccc1F)c1ccc(N2CCc3ccccc32)cn1. The van der Waals surface area contributed by atoms with E-state index in [2.05, 4.69) is 27.3 Å². The van der Waals surface area contributed by atoms with E-state index in [1.54, 1.807) is 30.5 Å². The van der Waals surface area contributed by atoms with Crippen LogP contribution in [0.1, 0.15) is 21.6 Å². The van der Waals surface area contributed by atoms with Crippen LogP contribution in [0.15, 0.2) is 66.9 Å². The molecule has 0 spiro atoms. The number of hydrogen-bond acceptors (Lipinski definition) is 3. The van der Waals surface area contributed by atoms with Gasteiger partial charge in [0, 0.05) is 24.3 Å².